The molecule has 0 aliphatic carbocycles. The standard InChI is InChI=1S/C6HBF3NO.K/c7-3-5(9)4(8)2(1-12)11-6(3)10;/h1H;/q-1;+1. The van der Waals surface area contributed by atoms with Gasteiger partial charge in [-0.15, -0.1) is 0 Å². The van der Waals surface area contributed by atoms with Gasteiger partial charge in [-0.2, -0.15) is 4.39 Å². The number of carbonyl (C=O) groups is 1. The van der Waals surface area contributed by atoms with Gasteiger partial charge in [-0.1, -0.05) is 0 Å². The van der Waals surface area contributed by atoms with Gasteiger partial charge >= 0.3 is 51.4 Å². The van der Waals surface area contributed by atoms with Crippen molar-refractivity contribution < 1.29 is 69.4 Å². The summed E-state index contributed by atoms with van der Waals surface area (Å²) in [5, 5.41) is 0. The van der Waals surface area contributed by atoms with Crippen LogP contribution in [0.5, 0.6) is 0 Å². The molecule has 0 atom stereocenters. The van der Waals surface area contributed by atoms with Crippen molar-refractivity contribution in [2.24, 2.45) is 0 Å². The van der Waals surface area contributed by atoms with Crippen LogP contribution in [0.2, 0.25) is 0 Å². The molecule has 7 heteroatoms. The van der Waals surface area contributed by atoms with E-state index in [1.807, 2.05) is 0 Å². The smallest absolute Gasteiger partial charge is 0.570 e. The minimum Gasteiger partial charge on any atom is -0.570 e. The van der Waals surface area contributed by atoms with Crippen LogP contribution in [-0.4, -0.2) is 19.1 Å². The Morgan fingerprint density at radius 3 is 2.23 bits per heavy atom. The maximum atomic E-state index is 12.5. The Morgan fingerprint density at radius 1 is 1.23 bits per heavy atom. The first-order valence-electron chi connectivity index (χ1n) is 2.83. The van der Waals surface area contributed by atoms with E-state index in [9.17, 15) is 18.0 Å². The summed E-state index contributed by atoms with van der Waals surface area (Å²) in [7, 11) is 4.74. The van der Waals surface area contributed by atoms with Crippen LogP contribution in [0.15, 0.2) is 0 Å². The van der Waals surface area contributed by atoms with Gasteiger partial charge in [0.1, 0.15) is 11.5 Å². The van der Waals surface area contributed by atoms with Crippen LogP contribution in [0.4, 0.5) is 13.2 Å². The molecule has 2 nitrogen and oxygen atoms in total. The third-order valence-corrected chi connectivity index (χ3v) is 1.21. The third-order valence-electron chi connectivity index (χ3n) is 1.21. The fourth-order valence-electron chi connectivity index (χ4n) is 0.614. The molecule has 13 heavy (non-hydrogen) atoms. The van der Waals surface area contributed by atoms with Gasteiger partial charge in [0, 0.05) is 0 Å². The molecule has 61 valence electrons. The molecule has 0 saturated heterocycles. The Morgan fingerprint density at radius 2 is 1.77 bits per heavy atom. The van der Waals surface area contributed by atoms with E-state index in [0.717, 1.165) is 0 Å². The summed E-state index contributed by atoms with van der Waals surface area (Å²) in [6.45, 7) is 0. The summed E-state index contributed by atoms with van der Waals surface area (Å²) in [6, 6.07) is 0. The fraction of sp³-hybridized carbons (Fsp3) is 0. The van der Waals surface area contributed by atoms with Crippen molar-refractivity contribution in [2.75, 3.05) is 0 Å². The Kier molecular flexibility index (Phi) is 5.38. The second-order valence-corrected chi connectivity index (χ2v) is 1.95. The predicted octanol–water partition coefficient (Wildman–Crippen LogP) is -2.89. The molecular weight excluding hydrogens is 209 g/mol. The Bertz CT molecular complexity index is 347. The average molecular weight is 210 g/mol. The van der Waals surface area contributed by atoms with Crippen LogP contribution in [0.1, 0.15) is 10.5 Å². The zero-order valence-corrected chi connectivity index (χ0v) is 9.77. The molecule has 3 radical (unpaired) electrons. The minimum atomic E-state index is -1.59. The van der Waals surface area contributed by atoms with Crippen LogP contribution in [0.25, 0.3) is 0 Å². The molecule has 1 rings (SSSR count). The van der Waals surface area contributed by atoms with Gasteiger partial charge < -0.3 is 7.85 Å². The predicted molar refractivity (Wildman–Crippen MR) is 34.9 cm³/mol. The molecular formula is C6HBF3KNO. The van der Waals surface area contributed by atoms with Crippen molar-refractivity contribution >= 4 is 19.6 Å². The van der Waals surface area contributed by atoms with Gasteiger partial charge in [-0.3, -0.25) is 4.79 Å². The quantitative estimate of drug-likeness (QED) is 0.283. The molecule has 0 bridgehead atoms. The van der Waals surface area contributed by atoms with Gasteiger partial charge in [-0.25, -0.2) is 19.2 Å². The van der Waals surface area contributed by atoms with Crippen LogP contribution in [0, 0.1) is 17.6 Å². The molecule has 0 amide bonds. The van der Waals surface area contributed by atoms with E-state index < -0.39 is 28.7 Å². The molecule has 1 aromatic rings. The molecule has 0 aliphatic rings. The first-order valence-corrected chi connectivity index (χ1v) is 2.83. The molecule has 0 fully saturated rings. The van der Waals surface area contributed by atoms with Gasteiger partial charge in [0.05, 0.1) is 0 Å². The Hall–Kier alpha value is 0.311. The van der Waals surface area contributed by atoms with Crippen molar-refractivity contribution in [3.05, 3.63) is 23.3 Å². The van der Waals surface area contributed by atoms with Gasteiger partial charge in [0.25, 0.3) is 0 Å². The summed E-state index contributed by atoms with van der Waals surface area (Å²) in [6.07, 6.45) is -0.0963. The van der Waals surface area contributed by atoms with Crippen LogP contribution < -0.4 is 56.8 Å². The van der Waals surface area contributed by atoms with Crippen molar-refractivity contribution in [3.63, 3.8) is 0 Å². The number of hydrogen-bond donors (Lipinski definition) is 0. The second kappa shape index (κ2) is 5.26. The van der Waals surface area contributed by atoms with E-state index >= 15 is 0 Å². The van der Waals surface area contributed by atoms with E-state index in [-0.39, 0.29) is 57.7 Å². The average Bonchev–Trinajstić information content (AvgIpc) is 2.08. The molecule has 1 aromatic heterocycles. The number of hydrogen-bond acceptors (Lipinski definition) is 2. The maximum Gasteiger partial charge on any atom is 1.00 e. The van der Waals surface area contributed by atoms with Gasteiger partial charge in [0.2, 0.25) is 0 Å². The minimum absolute atomic E-state index is 0. The maximum absolute atomic E-state index is 12.5. The molecule has 0 aromatic carbocycles. The number of rotatable bonds is 1. The van der Waals surface area contributed by atoms with E-state index in [1.54, 1.807) is 0 Å². The normalized spacial score (nSPS) is 9.23. The molecule has 0 unspecified atom stereocenters. The summed E-state index contributed by atoms with van der Waals surface area (Å²) in [5.41, 5.74) is -1.96. The zero-order chi connectivity index (χ0) is 9.30. The molecule has 0 N–H and O–H groups in total. The fourth-order valence-corrected chi connectivity index (χ4v) is 0.614. The summed E-state index contributed by atoms with van der Waals surface area (Å²) < 4.78 is 37.4. The Labute approximate surface area is 116 Å². The Balaban J connectivity index is 0.00000144. The van der Waals surface area contributed by atoms with E-state index in [1.165, 1.54) is 0 Å². The number of halogens is 3. The first kappa shape index (κ1) is 13.3. The van der Waals surface area contributed by atoms with E-state index in [2.05, 4.69) is 4.98 Å². The summed E-state index contributed by atoms with van der Waals surface area (Å²) in [5.74, 6) is -4.52. The van der Waals surface area contributed by atoms with Crippen molar-refractivity contribution in [3.8, 4) is 0 Å². The molecule has 0 saturated carbocycles. The van der Waals surface area contributed by atoms with Gasteiger partial charge in [0.15, 0.2) is 18.1 Å². The number of pyridine rings is 1. The van der Waals surface area contributed by atoms with Gasteiger partial charge in [-0.05, 0) is 0 Å². The van der Waals surface area contributed by atoms with Crippen LogP contribution in [0.3, 0.4) is 0 Å². The number of nitrogens with zero attached hydrogens (tertiary/aromatic N) is 1. The molecule has 0 spiro atoms. The number of aromatic nitrogens is 1. The topological polar surface area (TPSA) is 30.0 Å². The van der Waals surface area contributed by atoms with Crippen molar-refractivity contribution in [1.82, 2.24) is 4.98 Å². The van der Waals surface area contributed by atoms with Crippen molar-refractivity contribution in [2.45, 2.75) is 0 Å². The molecule has 1 heterocycles. The summed E-state index contributed by atoms with van der Waals surface area (Å²) >= 11 is 0. The summed E-state index contributed by atoms with van der Waals surface area (Å²) in [4.78, 5) is 12.7. The van der Waals surface area contributed by atoms with Crippen LogP contribution in [-0.2, 0) is 0 Å². The second-order valence-electron chi connectivity index (χ2n) is 1.95. The SMILES string of the molecule is [B-]c1c(F)nc(C=O)c(F)c1F.[K+]. The number of carbonyl (C=O) groups excluding carboxylic acids is 1. The zero-order valence-electron chi connectivity index (χ0n) is 6.64. The number of aldehydes is 1. The largest absolute Gasteiger partial charge is 1.00 e. The first-order chi connectivity index (χ1) is 5.57. The van der Waals surface area contributed by atoms with Crippen LogP contribution >= 0.6 is 0 Å². The third kappa shape index (κ3) is 2.63. The van der Waals surface area contributed by atoms with E-state index in [4.69, 9.17) is 7.85 Å². The van der Waals surface area contributed by atoms with Crippen molar-refractivity contribution in [1.29, 1.82) is 0 Å². The monoisotopic (exact) mass is 210 g/mol. The van der Waals surface area contributed by atoms with E-state index in [0.29, 0.717) is 0 Å². The molecule has 0 aliphatic heterocycles.